The second-order valence-electron chi connectivity index (χ2n) is 6.87. The van der Waals surface area contributed by atoms with Crippen LogP contribution < -0.4 is 10.1 Å². The van der Waals surface area contributed by atoms with E-state index in [4.69, 9.17) is 4.74 Å². The molecule has 152 valence electrons. The van der Waals surface area contributed by atoms with Crippen LogP contribution in [0.2, 0.25) is 0 Å². The van der Waals surface area contributed by atoms with Crippen LogP contribution in [0.4, 0.5) is 0 Å². The number of amides is 1. The van der Waals surface area contributed by atoms with Crippen molar-refractivity contribution in [1.29, 1.82) is 0 Å². The average Bonchev–Trinajstić information content (AvgIpc) is 3.16. The van der Waals surface area contributed by atoms with Crippen LogP contribution in [0.3, 0.4) is 0 Å². The van der Waals surface area contributed by atoms with E-state index >= 15 is 0 Å². The Balaban J connectivity index is 1.93. The minimum absolute atomic E-state index is 0.00878. The van der Waals surface area contributed by atoms with Gasteiger partial charge in [0.1, 0.15) is 5.75 Å². The van der Waals surface area contributed by atoms with Gasteiger partial charge in [0.15, 0.2) is 11.0 Å². The van der Waals surface area contributed by atoms with Crippen LogP contribution in [0.5, 0.6) is 5.75 Å². The Kier molecular flexibility index (Phi) is 6.93. The molecule has 7 heteroatoms. The van der Waals surface area contributed by atoms with Crippen molar-refractivity contribution >= 4 is 17.7 Å². The molecule has 3 rings (SSSR count). The number of nitrogens with zero attached hydrogens (tertiary/aromatic N) is 3. The van der Waals surface area contributed by atoms with Crippen molar-refractivity contribution in [1.82, 2.24) is 20.1 Å². The number of hydrogen-bond donors (Lipinski definition) is 1. The summed E-state index contributed by atoms with van der Waals surface area (Å²) in [6, 6.07) is 16.0. The molecule has 2 aromatic carbocycles. The highest BCUT2D eigenvalue weighted by Gasteiger charge is 2.18. The molecule has 0 spiro atoms. The molecule has 1 heterocycles. The fourth-order valence-electron chi connectivity index (χ4n) is 2.77. The first-order chi connectivity index (χ1) is 14.0. The van der Waals surface area contributed by atoms with Gasteiger partial charge < -0.3 is 10.1 Å². The second kappa shape index (κ2) is 9.60. The normalized spacial score (nSPS) is 11.9. The average molecular weight is 411 g/mol. The molecule has 29 heavy (non-hydrogen) atoms. The molecule has 0 saturated heterocycles. The maximum atomic E-state index is 12.2. The Morgan fingerprint density at radius 3 is 2.45 bits per heavy atom. The summed E-state index contributed by atoms with van der Waals surface area (Å²) in [6.45, 7) is 6.10. The highest BCUT2D eigenvalue weighted by atomic mass is 32.2. The van der Waals surface area contributed by atoms with Gasteiger partial charge in [0, 0.05) is 17.3 Å². The van der Waals surface area contributed by atoms with Crippen molar-refractivity contribution in [3.8, 4) is 22.8 Å². The lowest BCUT2D eigenvalue weighted by Crippen LogP contribution is -2.33. The number of aryl methyl sites for hydroxylation is 1. The summed E-state index contributed by atoms with van der Waals surface area (Å²) < 4.78 is 7.25. The summed E-state index contributed by atoms with van der Waals surface area (Å²) in [6.07, 6.45) is 0.899. The molecular weight excluding hydrogens is 384 g/mol. The van der Waals surface area contributed by atoms with E-state index in [1.807, 2.05) is 54.8 Å². The van der Waals surface area contributed by atoms with Gasteiger partial charge in [-0.2, -0.15) is 0 Å². The Morgan fingerprint density at radius 1 is 1.14 bits per heavy atom. The van der Waals surface area contributed by atoms with E-state index in [9.17, 15) is 4.79 Å². The van der Waals surface area contributed by atoms with Crippen LogP contribution >= 0.6 is 11.8 Å². The third-order valence-corrected chi connectivity index (χ3v) is 5.55. The van der Waals surface area contributed by atoms with Crippen LogP contribution in [-0.4, -0.2) is 39.6 Å². The number of carbonyl (C=O) groups is 1. The number of thioether (sulfide) groups is 1. The highest BCUT2D eigenvalue weighted by Crippen LogP contribution is 2.29. The fraction of sp³-hybridized carbons (Fsp3) is 0.318. The predicted molar refractivity (Wildman–Crippen MR) is 117 cm³/mol. The third-order valence-electron chi connectivity index (χ3n) is 4.63. The summed E-state index contributed by atoms with van der Waals surface area (Å²) in [5.41, 5.74) is 3.06. The van der Waals surface area contributed by atoms with Gasteiger partial charge in [0.2, 0.25) is 5.91 Å². The molecule has 0 unspecified atom stereocenters. The van der Waals surface area contributed by atoms with Crippen LogP contribution in [0.15, 0.2) is 53.7 Å². The Hall–Kier alpha value is -2.80. The summed E-state index contributed by atoms with van der Waals surface area (Å²) >= 11 is 1.38. The van der Waals surface area contributed by atoms with Crippen molar-refractivity contribution < 1.29 is 9.53 Å². The molecule has 0 radical (unpaired) electrons. The Labute approximate surface area is 175 Å². The first-order valence-corrected chi connectivity index (χ1v) is 10.6. The standard InChI is InChI=1S/C22H26N4O2S/c1-5-16(3)23-20(27)14-29-22-25-24-21(17-8-6-15(2)7-9-17)26(22)18-10-12-19(28-4)13-11-18/h6-13,16H,5,14H2,1-4H3,(H,23,27)/t16-/m0/s1. The molecule has 0 saturated carbocycles. The first-order valence-electron chi connectivity index (χ1n) is 9.60. The molecule has 1 aromatic heterocycles. The van der Waals surface area contributed by atoms with E-state index in [1.54, 1.807) is 7.11 Å². The zero-order chi connectivity index (χ0) is 20.8. The molecule has 0 aliphatic carbocycles. The highest BCUT2D eigenvalue weighted by molar-refractivity contribution is 7.99. The lowest BCUT2D eigenvalue weighted by molar-refractivity contribution is -0.119. The quantitative estimate of drug-likeness (QED) is 0.562. The van der Waals surface area contributed by atoms with Crippen LogP contribution in [0.25, 0.3) is 17.1 Å². The smallest absolute Gasteiger partial charge is 0.230 e. The monoisotopic (exact) mass is 410 g/mol. The lowest BCUT2D eigenvalue weighted by Gasteiger charge is -2.13. The zero-order valence-electron chi connectivity index (χ0n) is 17.2. The zero-order valence-corrected chi connectivity index (χ0v) is 18.0. The minimum Gasteiger partial charge on any atom is -0.497 e. The van der Waals surface area contributed by atoms with Gasteiger partial charge in [-0.25, -0.2) is 0 Å². The van der Waals surface area contributed by atoms with Crippen molar-refractivity contribution in [2.24, 2.45) is 0 Å². The van der Waals surface area contributed by atoms with Crippen LogP contribution in [0, 0.1) is 6.92 Å². The van der Waals surface area contributed by atoms with E-state index < -0.39 is 0 Å². The summed E-state index contributed by atoms with van der Waals surface area (Å²) in [5.74, 6) is 1.79. The molecule has 6 nitrogen and oxygen atoms in total. The van der Waals surface area contributed by atoms with E-state index in [0.29, 0.717) is 5.16 Å². The first kappa shape index (κ1) is 20.9. The predicted octanol–water partition coefficient (Wildman–Crippen LogP) is 4.26. The number of aromatic nitrogens is 3. The summed E-state index contributed by atoms with van der Waals surface area (Å²) in [7, 11) is 1.64. The van der Waals surface area contributed by atoms with Crippen molar-refractivity contribution in [3.63, 3.8) is 0 Å². The summed E-state index contributed by atoms with van der Waals surface area (Å²) in [5, 5.41) is 12.4. The topological polar surface area (TPSA) is 69.0 Å². The number of nitrogens with one attached hydrogen (secondary N) is 1. The van der Waals surface area contributed by atoms with E-state index in [2.05, 4.69) is 34.6 Å². The largest absolute Gasteiger partial charge is 0.497 e. The maximum Gasteiger partial charge on any atom is 0.230 e. The maximum absolute atomic E-state index is 12.2. The molecular formula is C22H26N4O2S. The molecule has 0 fully saturated rings. The number of hydrogen-bond acceptors (Lipinski definition) is 5. The number of benzene rings is 2. The van der Waals surface area contributed by atoms with Gasteiger partial charge >= 0.3 is 0 Å². The van der Waals surface area contributed by atoms with Crippen LogP contribution in [-0.2, 0) is 4.79 Å². The van der Waals surface area contributed by atoms with Gasteiger partial charge in [-0.1, -0.05) is 48.5 Å². The molecule has 0 bridgehead atoms. The fourth-order valence-corrected chi connectivity index (χ4v) is 3.53. The molecule has 0 aliphatic heterocycles. The van der Waals surface area contributed by atoms with Crippen molar-refractivity contribution in [3.05, 3.63) is 54.1 Å². The van der Waals surface area contributed by atoms with Crippen molar-refractivity contribution in [2.45, 2.75) is 38.4 Å². The van der Waals surface area contributed by atoms with Crippen LogP contribution in [0.1, 0.15) is 25.8 Å². The van der Waals surface area contributed by atoms with Gasteiger partial charge in [-0.05, 0) is 44.5 Å². The number of methoxy groups -OCH3 is 1. The number of ether oxygens (including phenoxy) is 1. The molecule has 0 aliphatic rings. The van der Waals surface area contributed by atoms with Gasteiger partial charge in [-0.15, -0.1) is 10.2 Å². The number of carbonyl (C=O) groups excluding carboxylic acids is 1. The Morgan fingerprint density at radius 2 is 1.83 bits per heavy atom. The molecule has 1 atom stereocenters. The van der Waals surface area contributed by atoms with Gasteiger partial charge in [-0.3, -0.25) is 9.36 Å². The van der Waals surface area contributed by atoms with Crippen molar-refractivity contribution in [2.75, 3.05) is 12.9 Å². The number of rotatable bonds is 8. The molecule has 1 amide bonds. The molecule has 1 N–H and O–H groups in total. The SMILES string of the molecule is CC[C@H](C)NC(=O)CSc1nnc(-c2ccc(C)cc2)n1-c1ccc(OC)cc1. The lowest BCUT2D eigenvalue weighted by atomic mass is 10.1. The minimum atomic E-state index is -0.00878. The van der Waals surface area contributed by atoms with E-state index in [1.165, 1.54) is 17.3 Å². The van der Waals surface area contributed by atoms with E-state index in [0.717, 1.165) is 29.2 Å². The molecule has 3 aromatic rings. The third kappa shape index (κ3) is 5.17. The summed E-state index contributed by atoms with van der Waals surface area (Å²) in [4.78, 5) is 12.2. The van der Waals surface area contributed by atoms with E-state index in [-0.39, 0.29) is 17.7 Å². The van der Waals surface area contributed by atoms with Gasteiger partial charge in [0.25, 0.3) is 0 Å². The Bertz CT molecular complexity index is 952. The van der Waals surface area contributed by atoms with Gasteiger partial charge in [0.05, 0.1) is 12.9 Å². The second-order valence-corrected chi connectivity index (χ2v) is 7.81.